The number of amides is 2. The van der Waals surface area contributed by atoms with Crippen LogP contribution in [0.15, 0.2) is 79.0 Å². The summed E-state index contributed by atoms with van der Waals surface area (Å²) < 4.78 is 58.3. The van der Waals surface area contributed by atoms with Gasteiger partial charge < -0.3 is 24.8 Å². The SMILES string of the molecule is COc1cc2nccc(Oc3cccc4c(C(=O)Nc5ccc(NC(=O)CCl)c(C(F)(F)F)c5)cccc34)c2cc1OC. The Morgan fingerprint density at radius 2 is 1.51 bits per heavy atom. The van der Waals surface area contributed by atoms with Crippen LogP contribution in [-0.2, 0) is 11.0 Å². The van der Waals surface area contributed by atoms with E-state index in [1.165, 1.54) is 20.3 Å². The highest BCUT2D eigenvalue weighted by atomic mass is 35.5. The van der Waals surface area contributed by atoms with E-state index in [2.05, 4.69) is 15.6 Å². The van der Waals surface area contributed by atoms with Gasteiger partial charge in [-0.1, -0.05) is 24.3 Å². The number of pyridine rings is 1. The molecule has 5 aromatic rings. The van der Waals surface area contributed by atoms with Crippen LogP contribution >= 0.6 is 11.6 Å². The first-order valence-corrected chi connectivity index (χ1v) is 13.2. The molecule has 4 aromatic carbocycles. The first-order valence-electron chi connectivity index (χ1n) is 12.7. The molecule has 0 saturated carbocycles. The molecule has 0 bridgehead atoms. The predicted octanol–water partition coefficient (Wildman–Crippen LogP) is 7.65. The Bertz CT molecular complexity index is 1860. The fourth-order valence-corrected chi connectivity index (χ4v) is 4.64. The summed E-state index contributed by atoms with van der Waals surface area (Å²) in [7, 11) is 3.05. The van der Waals surface area contributed by atoms with Crippen molar-refractivity contribution >= 4 is 56.5 Å². The van der Waals surface area contributed by atoms with Gasteiger partial charge in [0.05, 0.1) is 31.0 Å². The number of benzene rings is 4. The second-order valence-corrected chi connectivity index (χ2v) is 9.45. The summed E-state index contributed by atoms with van der Waals surface area (Å²) in [6.07, 6.45) is -3.21. The summed E-state index contributed by atoms with van der Waals surface area (Å²) >= 11 is 5.42. The smallest absolute Gasteiger partial charge is 0.418 e. The molecule has 220 valence electrons. The molecule has 43 heavy (non-hydrogen) atoms. The maximum absolute atomic E-state index is 13.7. The topological polar surface area (TPSA) is 98.8 Å². The maximum Gasteiger partial charge on any atom is 0.418 e. The number of nitrogens with zero attached hydrogens (tertiary/aromatic N) is 1. The molecular formula is C31H23ClF3N3O5. The first-order chi connectivity index (χ1) is 20.6. The second kappa shape index (κ2) is 12.1. The van der Waals surface area contributed by atoms with Gasteiger partial charge in [-0.2, -0.15) is 13.2 Å². The number of nitrogens with one attached hydrogen (secondary N) is 2. The van der Waals surface area contributed by atoms with Gasteiger partial charge in [-0.25, -0.2) is 0 Å². The molecule has 5 rings (SSSR count). The number of ether oxygens (including phenoxy) is 3. The fraction of sp³-hybridized carbons (Fsp3) is 0.129. The Hall–Kier alpha value is -5.03. The van der Waals surface area contributed by atoms with Crippen molar-refractivity contribution in [3.05, 3.63) is 90.1 Å². The number of carbonyl (C=O) groups is 2. The third-order valence-corrected chi connectivity index (χ3v) is 6.77. The number of rotatable bonds is 8. The van der Waals surface area contributed by atoms with Crippen LogP contribution in [0.25, 0.3) is 21.7 Å². The highest BCUT2D eigenvalue weighted by Crippen LogP contribution is 2.39. The lowest BCUT2D eigenvalue weighted by Crippen LogP contribution is -2.18. The molecule has 2 amide bonds. The molecule has 12 heteroatoms. The lowest BCUT2D eigenvalue weighted by molar-refractivity contribution is -0.136. The third kappa shape index (κ3) is 6.12. The number of methoxy groups -OCH3 is 2. The summed E-state index contributed by atoms with van der Waals surface area (Å²) in [5.41, 5.74) is -0.888. The zero-order valence-corrected chi connectivity index (χ0v) is 23.5. The van der Waals surface area contributed by atoms with Crippen molar-refractivity contribution in [2.45, 2.75) is 6.18 Å². The van der Waals surface area contributed by atoms with Crippen LogP contribution in [0, 0.1) is 0 Å². The van der Waals surface area contributed by atoms with Crippen LogP contribution in [0.4, 0.5) is 24.5 Å². The van der Waals surface area contributed by atoms with Crippen molar-refractivity contribution in [1.29, 1.82) is 0 Å². The minimum Gasteiger partial charge on any atom is -0.493 e. The lowest BCUT2D eigenvalue weighted by atomic mass is 10.0. The fourth-order valence-electron chi connectivity index (χ4n) is 4.57. The number of hydrogen-bond acceptors (Lipinski definition) is 6. The van der Waals surface area contributed by atoms with E-state index in [0.29, 0.717) is 44.7 Å². The molecule has 0 radical (unpaired) electrons. The molecule has 0 fully saturated rings. The minimum atomic E-state index is -4.80. The van der Waals surface area contributed by atoms with Crippen LogP contribution in [0.1, 0.15) is 15.9 Å². The largest absolute Gasteiger partial charge is 0.493 e. The summed E-state index contributed by atoms with van der Waals surface area (Å²) in [5.74, 6) is -0.0214. The standard InChI is InChI=1S/C31H23ClF3N3O5/c1-41-27-14-21-24(15-28(27)42-2)36-12-11-26(21)43-25-8-4-5-18-19(25)6-3-7-20(18)30(40)37-17-9-10-23(38-29(39)16-32)22(13-17)31(33,34)35/h3-15H,16H2,1-2H3,(H,37,40)(H,38,39). The zero-order valence-electron chi connectivity index (χ0n) is 22.7. The van der Waals surface area contributed by atoms with Gasteiger partial charge in [0.2, 0.25) is 5.91 Å². The molecule has 2 N–H and O–H groups in total. The molecule has 0 aliphatic heterocycles. The Kier molecular flexibility index (Phi) is 8.27. The van der Waals surface area contributed by atoms with Gasteiger partial charge in [-0.3, -0.25) is 14.6 Å². The van der Waals surface area contributed by atoms with Crippen molar-refractivity contribution < 1.29 is 37.0 Å². The summed E-state index contributed by atoms with van der Waals surface area (Å²) in [4.78, 5) is 29.3. The van der Waals surface area contributed by atoms with E-state index < -0.39 is 35.1 Å². The van der Waals surface area contributed by atoms with Gasteiger partial charge in [-0.15, -0.1) is 11.6 Å². The molecule has 0 saturated heterocycles. The van der Waals surface area contributed by atoms with Crippen molar-refractivity contribution in [3.63, 3.8) is 0 Å². The van der Waals surface area contributed by atoms with Gasteiger partial charge >= 0.3 is 6.18 Å². The summed E-state index contributed by atoms with van der Waals surface area (Å²) in [6.45, 7) is 0. The molecule has 1 heterocycles. The number of anilines is 2. The molecule has 8 nitrogen and oxygen atoms in total. The lowest BCUT2D eigenvalue weighted by Gasteiger charge is -2.16. The van der Waals surface area contributed by atoms with E-state index in [0.717, 1.165) is 12.1 Å². The zero-order chi connectivity index (χ0) is 30.7. The van der Waals surface area contributed by atoms with E-state index in [4.69, 9.17) is 25.8 Å². The van der Waals surface area contributed by atoms with Crippen molar-refractivity contribution in [3.8, 4) is 23.0 Å². The summed E-state index contributed by atoms with van der Waals surface area (Å²) in [5, 5.41) is 6.41. The number of hydrogen-bond donors (Lipinski definition) is 2. The molecule has 0 aliphatic carbocycles. The van der Waals surface area contributed by atoms with Crippen LogP contribution in [0.2, 0.25) is 0 Å². The number of aromatic nitrogens is 1. The predicted molar refractivity (Wildman–Crippen MR) is 158 cm³/mol. The molecule has 1 aromatic heterocycles. The Labute approximate surface area is 248 Å². The van der Waals surface area contributed by atoms with Crippen LogP contribution in [0.3, 0.4) is 0 Å². The van der Waals surface area contributed by atoms with E-state index in [9.17, 15) is 22.8 Å². The second-order valence-electron chi connectivity index (χ2n) is 9.19. The average Bonchev–Trinajstić information content (AvgIpc) is 3.00. The molecule has 0 spiro atoms. The highest BCUT2D eigenvalue weighted by molar-refractivity contribution is 6.29. The Morgan fingerprint density at radius 1 is 0.814 bits per heavy atom. The average molecular weight is 610 g/mol. The molecular weight excluding hydrogens is 587 g/mol. The minimum absolute atomic E-state index is 0.113. The van der Waals surface area contributed by atoms with E-state index in [1.54, 1.807) is 60.8 Å². The van der Waals surface area contributed by atoms with E-state index in [-0.39, 0.29) is 11.3 Å². The van der Waals surface area contributed by atoms with Gasteiger partial charge in [0.1, 0.15) is 17.4 Å². The van der Waals surface area contributed by atoms with Crippen molar-refractivity contribution in [2.75, 3.05) is 30.7 Å². The highest BCUT2D eigenvalue weighted by Gasteiger charge is 2.34. The van der Waals surface area contributed by atoms with Crippen molar-refractivity contribution in [1.82, 2.24) is 4.98 Å². The van der Waals surface area contributed by atoms with Crippen molar-refractivity contribution in [2.24, 2.45) is 0 Å². The third-order valence-electron chi connectivity index (χ3n) is 6.53. The van der Waals surface area contributed by atoms with E-state index >= 15 is 0 Å². The molecule has 0 unspecified atom stereocenters. The molecule has 0 aliphatic rings. The summed E-state index contributed by atoms with van der Waals surface area (Å²) in [6, 6.07) is 18.4. The monoisotopic (exact) mass is 609 g/mol. The van der Waals surface area contributed by atoms with Gasteiger partial charge in [0, 0.05) is 34.3 Å². The van der Waals surface area contributed by atoms with Gasteiger partial charge in [-0.05, 0) is 47.9 Å². The van der Waals surface area contributed by atoms with Crippen LogP contribution < -0.4 is 24.8 Å². The van der Waals surface area contributed by atoms with Crippen LogP contribution in [-0.4, -0.2) is 36.9 Å². The quantitative estimate of drug-likeness (QED) is 0.175. The first kappa shape index (κ1) is 29.5. The number of fused-ring (bicyclic) bond motifs is 2. The van der Waals surface area contributed by atoms with E-state index in [1.807, 2.05) is 0 Å². The number of alkyl halides is 4. The maximum atomic E-state index is 13.7. The normalized spacial score (nSPS) is 11.3. The Balaban J connectivity index is 1.48. The number of halogens is 4. The number of carbonyl (C=O) groups excluding carboxylic acids is 2. The van der Waals surface area contributed by atoms with Gasteiger partial charge in [0.15, 0.2) is 11.5 Å². The van der Waals surface area contributed by atoms with Crippen LogP contribution in [0.5, 0.6) is 23.0 Å². The Morgan fingerprint density at radius 3 is 2.23 bits per heavy atom. The van der Waals surface area contributed by atoms with Gasteiger partial charge in [0.25, 0.3) is 5.91 Å². The molecule has 0 atom stereocenters.